The number of halogens is 1. The summed E-state index contributed by atoms with van der Waals surface area (Å²) in [4.78, 5) is 16.8. The summed E-state index contributed by atoms with van der Waals surface area (Å²) in [7, 11) is 0. The highest BCUT2D eigenvalue weighted by atomic mass is 19.1. The van der Waals surface area contributed by atoms with E-state index in [2.05, 4.69) is 29.2 Å². The quantitative estimate of drug-likeness (QED) is 0.812. The molecule has 0 radical (unpaired) electrons. The molecule has 1 aromatic carbocycles. The fourth-order valence-corrected chi connectivity index (χ4v) is 4.95. The van der Waals surface area contributed by atoms with Crippen LogP contribution in [-0.2, 0) is 15.1 Å². The zero-order valence-electron chi connectivity index (χ0n) is 16.0. The Kier molecular flexibility index (Phi) is 4.19. The summed E-state index contributed by atoms with van der Waals surface area (Å²) in [6.45, 7) is 3.92. The van der Waals surface area contributed by atoms with E-state index in [1.165, 1.54) is 24.1 Å². The molecule has 2 saturated carbocycles. The lowest BCUT2D eigenvalue weighted by Crippen LogP contribution is -2.54. The van der Waals surface area contributed by atoms with E-state index in [1.807, 2.05) is 0 Å². The van der Waals surface area contributed by atoms with Gasteiger partial charge in [0.25, 0.3) is 5.91 Å². The monoisotopic (exact) mass is 372 g/mol. The zero-order chi connectivity index (χ0) is 18.5. The van der Waals surface area contributed by atoms with E-state index in [9.17, 15) is 9.18 Å². The van der Waals surface area contributed by atoms with Crippen molar-refractivity contribution in [2.45, 2.75) is 56.2 Å². The van der Waals surface area contributed by atoms with Crippen LogP contribution in [0.2, 0.25) is 0 Å². The Morgan fingerprint density at radius 1 is 1.11 bits per heavy atom. The molecule has 3 fully saturated rings. The number of piperidine rings is 1. The number of likely N-dealkylation sites (tertiary alicyclic amines) is 1. The Morgan fingerprint density at radius 2 is 1.85 bits per heavy atom. The maximum Gasteiger partial charge on any atom is 0.260 e. The van der Waals surface area contributed by atoms with Crippen LogP contribution in [0.4, 0.5) is 10.1 Å². The molecule has 1 amide bonds. The van der Waals surface area contributed by atoms with Gasteiger partial charge in [-0.1, -0.05) is 18.2 Å². The third-order valence-electron chi connectivity index (χ3n) is 7.04. The number of alkyl halides is 1. The molecule has 0 unspecified atom stereocenters. The van der Waals surface area contributed by atoms with Gasteiger partial charge in [0.05, 0.1) is 12.2 Å². The molecule has 4 nitrogen and oxygen atoms in total. The van der Waals surface area contributed by atoms with Crippen molar-refractivity contribution in [2.75, 3.05) is 37.7 Å². The van der Waals surface area contributed by atoms with Crippen LogP contribution in [0, 0.1) is 5.92 Å². The van der Waals surface area contributed by atoms with E-state index in [4.69, 9.17) is 4.74 Å². The largest absolute Gasteiger partial charge is 0.369 e. The molecular weight excluding hydrogens is 343 g/mol. The van der Waals surface area contributed by atoms with Crippen LogP contribution in [0.5, 0.6) is 0 Å². The Morgan fingerprint density at radius 3 is 2.52 bits per heavy atom. The van der Waals surface area contributed by atoms with Gasteiger partial charge in [0.2, 0.25) is 0 Å². The number of carbonyl (C=O) groups excluding carboxylic acids is 1. The number of carbonyl (C=O) groups is 1. The van der Waals surface area contributed by atoms with Gasteiger partial charge in [-0.25, -0.2) is 4.39 Å². The normalized spacial score (nSPS) is 26.3. The summed E-state index contributed by atoms with van der Waals surface area (Å²) in [5.41, 5.74) is 0.624. The Balaban J connectivity index is 1.37. The van der Waals surface area contributed by atoms with Crippen molar-refractivity contribution in [3.63, 3.8) is 0 Å². The van der Waals surface area contributed by atoms with Gasteiger partial charge in [-0.2, -0.15) is 0 Å². The summed E-state index contributed by atoms with van der Waals surface area (Å²) >= 11 is 0. The van der Waals surface area contributed by atoms with E-state index in [0.29, 0.717) is 32.5 Å². The van der Waals surface area contributed by atoms with Gasteiger partial charge in [0.1, 0.15) is 0 Å². The molecule has 146 valence electrons. The minimum Gasteiger partial charge on any atom is -0.369 e. The average molecular weight is 372 g/mol. The molecule has 0 bridgehead atoms. The number of nitrogens with zero attached hydrogens (tertiary/aromatic N) is 2. The maximum absolute atomic E-state index is 14.6. The second-order valence-corrected chi connectivity index (χ2v) is 8.86. The lowest BCUT2D eigenvalue weighted by molar-refractivity contribution is -0.156. The van der Waals surface area contributed by atoms with Gasteiger partial charge in [0.15, 0.2) is 5.67 Å². The van der Waals surface area contributed by atoms with Gasteiger partial charge in [-0.15, -0.1) is 0 Å². The van der Waals surface area contributed by atoms with Crippen molar-refractivity contribution < 1.29 is 13.9 Å². The van der Waals surface area contributed by atoms with Gasteiger partial charge in [0, 0.05) is 37.4 Å². The van der Waals surface area contributed by atoms with Gasteiger partial charge < -0.3 is 14.5 Å². The highest BCUT2D eigenvalue weighted by Gasteiger charge is 2.49. The second kappa shape index (κ2) is 6.47. The fourth-order valence-electron chi connectivity index (χ4n) is 4.95. The number of para-hydroxylation sites is 1. The molecule has 1 saturated heterocycles. The standard InChI is InChI=1S/C22H29FN2O2/c23-21(8-3-9-21)20(26)24-12-10-22(11-13-24)18-4-1-2-5-19(18)25(14-15-27-22)16-17-6-7-17/h1-2,4-5,17H,3,6-16H2. The first-order valence-electron chi connectivity index (χ1n) is 10.6. The van der Waals surface area contributed by atoms with Crippen LogP contribution in [0.3, 0.4) is 0 Å². The number of benzene rings is 1. The van der Waals surface area contributed by atoms with Crippen LogP contribution in [-0.4, -0.2) is 49.3 Å². The van der Waals surface area contributed by atoms with E-state index in [1.54, 1.807) is 4.90 Å². The van der Waals surface area contributed by atoms with Gasteiger partial charge in [-0.3, -0.25) is 4.79 Å². The van der Waals surface area contributed by atoms with Crippen molar-refractivity contribution in [3.8, 4) is 0 Å². The average Bonchev–Trinajstić information content (AvgIpc) is 3.50. The van der Waals surface area contributed by atoms with Crippen molar-refractivity contribution in [1.82, 2.24) is 4.90 Å². The summed E-state index contributed by atoms with van der Waals surface area (Å²) in [5.74, 6) is 0.538. The Bertz CT molecular complexity index is 721. The molecule has 0 aromatic heterocycles. The number of rotatable bonds is 3. The number of ether oxygens (including phenoxy) is 1. The molecule has 2 heterocycles. The number of amides is 1. The van der Waals surface area contributed by atoms with Gasteiger partial charge in [-0.05, 0) is 56.9 Å². The molecular formula is C22H29FN2O2. The van der Waals surface area contributed by atoms with Crippen LogP contribution < -0.4 is 4.90 Å². The predicted molar refractivity (Wildman–Crippen MR) is 103 cm³/mol. The van der Waals surface area contributed by atoms with Crippen molar-refractivity contribution in [2.24, 2.45) is 5.92 Å². The van der Waals surface area contributed by atoms with Crippen LogP contribution in [0.25, 0.3) is 0 Å². The Hall–Kier alpha value is -1.62. The molecule has 0 atom stereocenters. The third-order valence-corrected chi connectivity index (χ3v) is 7.04. The van der Waals surface area contributed by atoms with Crippen molar-refractivity contribution in [1.29, 1.82) is 0 Å². The lowest BCUT2D eigenvalue weighted by Gasteiger charge is -2.44. The second-order valence-electron chi connectivity index (χ2n) is 8.86. The summed E-state index contributed by atoms with van der Waals surface area (Å²) in [6, 6.07) is 8.62. The first-order chi connectivity index (χ1) is 13.1. The molecule has 2 aliphatic carbocycles. The summed E-state index contributed by atoms with van der Waals surface area (Å²) in [5, 5.41) is 0. The highest BCUT2D eigenvalue weighted by molar-refractivity contribution is 5.86. The zero-order valence-corrected chi connectivity index (χ0v) is 16.0. The molecule has 5 heteroatoms. The number of hydrogen-bond acceptors (Lipinski definition) is 3. The molecule has 0 N–H and O–H groups in total. The predicted octanol–water partition coefficient (Wildman–Crippen LogP) is 3.64. The van der Waals surface area contributed by atoms with Gasteiger partial charge >= 0.3 is 0 Å². The Labute approximate surface area is 160 Å². The number of fused-ring (bicyclic) bond motifs is 2. The molecule has 27 heavy (non-hydrogen) atoms. The molecule has 1 aromatic rings. The van der Waals surface area contributed by atoms with Crippen LogP contribution in [0.15, 0.2) is 24.3 Å². The number of anilines is 1. The summed E-state index contributed by atoms with van der Waals surface area (Å²) in [6.07, 6.45) is 5.80. The highest BCUT2D eigenvalue weighted by Crippen LogP contribution is 2.45. The molecule has 2 aliphatic heterocycles. The van der Waals surface area contributed by atoms with E-state index < -0.39 is 5.67 Å². The molecule has 5 rings (SSSR count). The first kappa shape index (κ1) is 17.5. The van der Waals surface area contributed by atoms with E-state index >= 15 is 0 Å². The van der Waals surface area contributed by atoms with Crippen LogP contribution >= 0.6 is 0 Å². The maximum atomic E-state index is 14.6. The topological polar surface area (TPSA) is 32.8 Å². The third kappa shape index (κ3) is 3.04. The SMILES string of the molecule is O=C(N1CCC2(CC1)OCCN(CC1CC1)c1ccccc12)C1(F)CCC1. The minimum atomic E-state index is -1.59. The number of hydrogen-bond donors (Lipinski definition) is 0. The smallest absolute Gasteiger partial charge is 0.260 e. The lowest BCUT2D eigenvalue weighted by atomic mass is 9.79. The molecule has 4 aliphatic rings. The van der Waals surface area contributed by atoms with Crippen LogP contribution in [0.1, 0.15) is 50.5 Å². The van der Waals surface area contributed by atoms with Crippen molar-refractivity contribution >= 4 is 11.6 Å². The fraction of sp³-hybridized carbons (Fsp3) is 0.682. The minimum absolute atomic E-state index is 0.291. The first-order valence-corrected chi connectivity index (χ1v) is 10.6. The van der Waals surface area contributed by atoms with E-state index in [-0.39, 0.29) is 11.5 Å². The van der Waals surface area contributed by atoms with E-state index in [0.717, 1.165) is 38.3 Å². The molecule has 1 spiro atoms. The summed E-state index contributed by atoms with van der Waals surface area (Å²) < 4.78 is 21.0. The van der Waals surface area contributed by atoms with Crippen molar-refractivity contribution in [3.05, 3.63) is 29.8 Å².